The Balaban J connectivity index is 2.10. The summed E-state index contributed by atoms with van der Waals surface area (Å²) in [5.74, 6) is -0.409. The Kier molecular flexibility index (Phi) is 1.50. The van der Waals surface area contributed by atoms with Crippen LogP contribution in [0, 0.1) is 0 Å². The SMILES string of the molecule is CC1(C)O[C@H]2[C@H](N)CC[C@H]2O1. The van der Waals surface area contributed by atoms with Crippen molar-refractivity contribution in [2.45, 2.75) is 50.7 Å². The van der Waals surface area contributed by atoms with Crippen LogP contribution in [0.2, 0.25) is 0 Å². The van der Waals surface area contributed by atoms with E-state index in [-0.39, 0.29) is 18.2 Å². The maximum atomic E-state index is 5.84. The van der Waals surface area contributed by atoms with Crippen molar-refractivity contribution >= 4 is 0 Å². The zero-order valence-corrected chi connectivity index (χ0v) is 7.04. The van der Waals surface area contributed by atoms with Gasteiger partial charge in [0.15, 0.2) is 5.79 Å². The van der Waals surface area contributed by atoms with Gasteiger partial charge >= 0.3 is 0 Å². The molecule has 0 unspecified atom stereocenters. The summed E-state index contributed by atoms with van der Waals surface area (Å²) in [5, 5.41) is 0. The summed E-state index contributed by atoms with van der Waals surface area (Å²) in [5.41, 5.74) is 5.84. The Hall–Kier alpha value is -0.120. The largest absolute Gasteiger partial charge is 0.345 e. The first-order chi connectivity index (χ1) is 5.08. The Morgan fingerprint density at radius 2 is 2.00 bits per heavy atom. The summed E-state index contributed by atoms with van der Waals surface area (Å²) in [6.45, 7) is 3.88. The molecule has 0 bridgehead atoms. The zero-order valence-electron chi connectivity index (χ0n) is 7.04. The van der Waals surface area contributed by atoms with Gasteiger partial charge in [0.25, 0.3) is 0 Å². The van der Waals surface area contributed by atoms with Crippen molar-refractivity contribution in [3.8, 4) is 0 Å². The lowest BCUT2D eigenvalue weighted by Crippen LogP contribution is -2.34. The fourth-order valence-electron chi connectivity index (χ4n) is 1.97. The average Bonchev–Trinajstić information content (AvgIpc) is 2.31. The van der Waals surface area contributed by atoms with Gasteiger partial charge in [-0.1, -0.05) is 0 Å². The summed E-state index contributed by atoms with van der Waals surface area (Å²) in [4.78, 5) is 0. The fourth-order valence-corrected chi connectivity index (χ4v) is 1.97. The van der Waals surface area contributed by atoms with Crippen LogP contribution in [0.4, 0.5) is 0 Å². The van der Waals surface area contributed by atoms with Crippen LogP contribution in [-0.2, 0) is 9.47 Å². The molecule has 3 nitrogen and oxygen atoms in total. The van der Waals surface area contributed by atoms with E-state index in [1.165, 1.54) is 0 Å². The average molecular weight is 157 g/mol. The molecule has 3 atom stereocenters. The number of ether oxygens (including phenoxy) is 2. The number of rotatable bonds is 0. The Bertz CT molecular complexity index is 169. The summed E-state index contributed by atoms with van der Waals surface area (Å²) < 4.78 is 11.3. The van der Waals surface area contributed by atoms with Gasteiger partial charge in [0.2, 0.25) is 0 Å². The van der Waals surface area contributed by atoms with E-state index in [9.17, 15) is 0 Å². The minimum Gasteiger partial charge on any atom is -0.345 e. The molecule has 0 radical (unpaired) electrons. The molecule has 1 heterocycles. The number of nitrogens with two attached hydrogens (primary N) is 1. The van der Waals surface area contributed by atoms with Gasteiger partial charge in [-0.05, 0) is 26.7 Å². The Labute approximate surface area is 66.8 Å². The summed E-state index contributed by atoms with van der Waals surface area (Å²) in [7, 11) is 0. The summed E-state index contributed by atoms with van der Waals surface area (Å²) >= 11 is 0. The van der Waals surface area contributed by atoms with Crippen molar-refractivity contribution in [1.29, 1.82) is 0 Å². The minimum absolute atomic E-state index is 0.144. The number of hydrogen-bond donors (Lipinski definition) is 1. The molecule has 0 amide bonds. The third-order valence-electron chi connectivity index (χ3n) is 2.43. The molecule has 1 aliphatic heterocycles. The molecule has 3 heteroatoms. The van der Waals surface area contributed by atoms with E-state index >= 15 is 0 Å². The number of fused-ring (bicyclic) bond motifs is 1. The zero-order chi connectivity index (χ0) is 8.06. The lowest BCUT2D eigenvalue weighted by molar-refractivity contribution is -0.152. The van der Waals surface area contributed by atoms with Gasteiger partial charge < -0.3 is 15.2 Å². The van der Waals surface area contributed by atoms with Crippen LogP contribution in [0.25, 0.3) is 0 Å². The van der Waals surface area contributed by atoms with Gasteiger partial charge in [0, 0.05) is 6.04 Å². The third kappa shape index (κ3) is 1.17. The lowest BCUT2D eigenvalue weighted by atomic mass is 10.2. The van der Waals surface area contributed by atoms with E-state index in [2.05, 4.69) is 0 Å². The van der Waals surface area contributed by atoms with E-state index in [1.54, 1.807) is 0 Å². The predicted octanol–water partition coefficient (Wildman–Crippen LogP) is 0.628. The van der Waals surface area contributed by atoms with Crippen LogP contribution >= 0.6 is 0 Å². The second kappa shape index (κ2) is 2.19. The molecule has 0 spiro atoms. The monoisotopic (exact) mass is 157 g/mol. The first kappa shape index (κ1) is 7.53. The highest BCUT2D eigenvalue weighted by molar-refractivity contribution is 4.94. The molecule has 0 aromatic carbocycles. The van der Waals surface area contributed by atoms with Crippen LogP contribution in [0.1, 0.15) is 26.7 Å². The predicted molar refractivity (Wildman–Crippen MR) is 41.0 cm³/mol. The molecule has 1 saturated heterocycles. The normalized spacial score (nSPS) is 47.7. The highest BCUT2D eigenvalue weighted by Crippen LogP contribution is 2.37. The first-order valence-corrected chi connectivity index (χ1v) is 4.20. The van der Waals surface area contributed by atoms with E-state index in [0.717, 1.165) is 12.8 Å². The Morgan fingerprint density at radius 1 is 1.27 bits per heavy atom. The van der Waals surface area contributed by atoms with E-state index in [4.69, 9.17) is 15.2 Å². The molecule has 2 rings (SSSR count). The molecule has 0 aromatic rings. The fraction of sp³-hybridized carbons (Fsp3) is 1.00. The molecule has 1 aliphatic carbocycles. The second-order valence-electron chi connectivity index (χ2n) is 3.88. The van der Waals surface area contributed by atoms with Gasteiger partial charge in [-0.3, -0.25) is 0 Å². The minimum atomic E-state index is -0.409. The molecule has 1 saturated carbocycles. The van der Waals surface area contributed by atoms with E-state index in [1.807, 2.05) is 13.8 Å². The maximum Gasteiger partial charge on any atom is 0.163 e. The van der Waals surface area contributed by atoms with E-state index in [0.29, 0.717) is 0 Å². The topological polar surface area (TPSA) is 44.5 Å². The van der Waals surface area contributed by atoms with Crippen molar-refractivity contribution in [3.63, 3.8) is 0 Å². The van der Waals surface area contributed by atoms with Gasteiger partial charge in [-0.15, -0.1) is 0 Å². The molecule has 64 valence electrons. The van der Waals surface area contributed by atoms with E-state index < -0.39 is 5.79 Å². The van der Waals surface area contributed by atoms with Crippen molar-refractivity contribution in [2.24, 2.45) is 5.73 Å². The van der Waals surface area contributed by atoms with Gasteiger partial charge in [-0.2, -0.15) is 0 Å². The van der Waals surface area contributed by atoms with Crippen LogP contribution in [0.5, 0.6) is 0 Å². The van der Waals surface area contributed by atoms with Crippen LogP contribution < -0.4 is 5.73 Å². The van der Waals surface area contributed by atoms with Crippen LogP contribution in [0.15, 0.2) is 0 Å². The van der Waals surface area contributed by atoms with Crippen molar-refractivity contribution in [1.82, 2.24) is 0 Å². The highest BCUT2D eigenvalue weighted by atomic mass is 16.8. The quantitative estimate of drug-likeness (QED) is 0.561. The second-order valence-corrected chi connectivity index (χ2v) is 3.88. The third-order valence-corrected chi connectivity index (χ3v) is 2.43. The lowest BCUT2D eigenvalue weighted by Gasteiger charge is -2.19. The molecular formula is C8H15NO2. The smallest absolute Gasteiger partial charge is 0.163 e. The summed E-state index contributed by atoms with van der Waals surface area (Å²) in [6.07, 6.45) is 2.48. The molecule has 2 fully saturated rings. The molecule has 11 heavy (non-hydrogen) atoms. The molecule has 2 aliphatic rings. The van der Waals surface area contributed by atoms with Crippen LogP contribution in [-0.4, -0.2) is 24.0 Å². The number of hydrogen-bond acceptors (Lipinski definition) is 3. The van der Waals surface area contributed by atoms with Gasteiger partial charge in [-0.25, -0.2) is 0 Å². The summed E-state index contributed by atoms with van der Waals surface area (Å²) in [6, 6.07) is 0.182. The Morgan fingerprint density at radius 3 is 2.64 bits per heavy atom. The van der Waals surface area contributed by atoms with Crippen molar-refractivity contribution < 1.29 is 9.47 Å². The molecule has 2 N–H and O–H groups in total. The molecular weight excluding hydrogens is 142 g/mol. The molecule has 0 aromatic heterocycles. The highest BCUT2D eigenvalue weighted by Gasteiger charge is 2.47. The van der Waals surface area contributed by atoms with Crippen molar-refractivity contribution in [3.05, 3.63) is 0 Å². The first-order valence-electron chi connectivity index (χ1n) is 4.20. The van der Waals surface area contributed by atoms with Crippen LogP contribution in [0.3, 0.4) is 0 Å². The standard InChI is InChI=1S/C8H15NO2/c1-8(2)10-6-4-3-5(9)7(6)11-8/h5-7H,3-4,9H2,1-2H3/t5-,6-,7+/m1/s1. The van der Waals surface area contributed by atoms with Crippen molar-refractivity contribution in [2.75, 3.05) is 0 Å². The van der Waals surface area contributed by atoms with Gasteiger partial charge in [0.05, 0.1) is 6.10 Å². The maximum absolute atomic E-state index is 5.84. The van der Waals surface area contributed by atoms with Gasteiger partial charge in [0.1, 0.15) is 6.10 Å².